The Morgan fingerprint density at radius 1 is 1.24 bits per heavy atom. The third kappa shape index (κ3) is 2.00. The number of fused-ring (bicyclic) bond motifs is 1. The average molecular weight is 230 g/mol. The van der Waals surface area contributed by atoms with E-state index >= 15 is 0 Å². The minimum Gasteiger partial charge on any atom is -0.385 e. The minimum absolute atomic E-state index is 0.774. The fourth-order valence-electron chi connectivity index (χ4n) is 2.58. The molecular weight excluding hydrogens is 212 g/mol. The first-order valence-corrected chi connectivity index (χ1v) is 6.28. The van der Waals surface area contributed by atoms with Gasteiger partial charge in [-0.25, -0.2) is 4.98 Å². The zero-order valence-electron chi connectivity index (χ0n) is 9.97. The maximum Gasteiger partial charge on any atom is 0.116 e. The number of nitrogen functional groups attached to an aromatic ring is 1. The van der Waals surface area contributed by atoms with E-state index in [1.807, 2.05) is 24.4 Å². The number of hydrogen-bond donors (Lipinski definition) is 1. The van der Waals surface area contributed by atoms with E-state index in [9.17, 15) is 0 Å². The van der Waals surface area contributed by atoms with Crippen molar-refractivity contribution >= 4 is 11.3 Å². The van der Waals surface area contributed by atoms with Gasteiger partial charge in [0.25, 0.3) is 0 Å². The van der Waals surface area contributed by atoms with Crippen LogP contribution in [0.15, 0.2) is 24.4 Å². The van der Waals surface area contributed by atoms with Crippen molar-refractivity contribution in [3.8, 4) is 0 Å². The van der Waals surface area contributed by atoms with E-state index in [-0.39, 0.29) is 0 Å². The third-order valence-corrected chi connectivity index (χ3v) is 3.50. The molecule has 0 aromatic carbocycles. The highest BCUT2D eigenvalue weighted by Crippen LogP contribution is 2.14. The van der Waals surface area contributed by atoms with Gasteiger partial charge in [-0.2, -0.15) is 0 Å². The number of imidazole rings is 1. The van der Waals surface area contributed by atoms with E-state index in [0.717, 1.165) is 30.1 Å². The van der Waals surface area contributed by atoms with E-state index in [0.29, 0.717) is 0 Å². The number of pyridine rings is 1. The quantitative estimate of drug-likeness (QED) is 0.870. The molecule has 2 aromatic heterocycles. The first-order chi connectivity index (χ1) is 8.34. The topological polar surface area (TPSA) is 46.6 Å². The van der Waals surface area contributed by atoms with E-state index in [1.54, 1.807) is 0 Å². The van der Waals surface area contributed by atoms with Crippen LogP contribution in [-0.4, -0.2) is 33.9 Å². The zero-order chi connectivity index (χ0) is 11.7. The second-order valence-corrected chi connectivity index (χ2v) is 4.68. The van der Waals surface area contributed by atoms with Gasteiger partial charge in [-0.3, -0.25) is 4.40 Å². The first kappa shape index (κ1) is 10.6. The Hall–Kier alpha value is -1.55. The summed E-state index contributed by atoms with van der Waals surface area (Å²) in [6.07, 6.45) is 5.55. The van der Waals surface area contributed by atoms with Crippen LogP contribution < -0.4 is 5.73 Å². The SMILES string of the molecule is Nc1cccc2cnc(CCN3CCCC3)n12. The Labute approximate surface area is 101 Å². The van der Waals surface area contributed by atoms with Gasteiger partial charge in [0.15, 0.2) is 0 Å². The molecule has 0 amide bonds. The molecule has 1 aliphatic heterocycles. The van der Waals surface area contributed by atoms with Crippen molar-refractivity contribution in [3.05, 3.63) is 30.2 Å². The van der Waals surface area contributed by atoms with Crippen molar-refractivity contribution in [2.75, 3.05) is 25.4 Å². The molecular formula is C13H18N4. The predicted octanol–water partition coefficient (Wildman–Crippen LogP) is 1.55. The molecule has 90 valence electrons. The zero-order valence-corrected chi connectivity index (χ0v) is 9.97. The molecule has 3 rings (SSSR count). The van der Waals surface area contributed by atoms with Gasteiger partial charge in [0.2, 0.25) is 0 Å². The molecule has 0 saturated carbocycles. The summed E-state index contributed by atoms with van der Waals surface area (Å²) in [5.41, 5.74) is 7.08. The van der Waals surface area contributed by atoms with Crippen LogP contribution in [-0.2, 0) is 6.42 Å². The lowest BCUT2D eigenvalue weighted by atomic mass is 10.3. The normalized spacial score (nSPS) is 16.9. The average Bonchev–Trinajstić information content (AvgIpc) is 2.95. The maximum absolute atomic E-state index is 5.99. The lowest BCUT2D eigenvalue weighted by Crippen LogP contribution is -2.22. The monoisotopic (exact) mass is 230 g/mol. The summed E-state index contributed by atoms with van der Waals surface area (Å²) in [4.78, 5) is 6.97. The highest BCUT2D eigenvalue weighted by molar-refractivity contribution is 5.53. The smallest absolute Gasteiger partial charge is 0.116 e. The Morgan fingerprint density at radius 2 is 2.06 bits per heavy atom. The first-order valence-electron chi connectivity index (χ1n) is 6.28. The van der Waals surface area contributed by atoms with Crippen LogP contribution in [0.4, 0.5) is 5.82 Å². The largest absolute Gasteiger partial charge is 0.385 e. The molecule has 4 nitrogen and oxygen atoms in total. The molecule has 2 N–H and O–H groups in total. The second kappa shape index (κ2) is 4.37. The van der Waals surface area contributed by atoms with Crippen molar-refractivity contribution in [1.82, 2.24) is 14.3 Å². The van der Waals surface area contributed by atoms with Gasteiger partial charge in [-0.1, -0.05) is 6.07 Å². The van der Waals surface area contributed by atoms with Crippen LogP contribution in [0, 0.1) is 0 Å². The van der Waals surface area contributed by atoms with Crippen LogP contribution in [0.25, 0.3) is 5.52 Å². The number of nitrogens with two attached hydrogens (primary N) is 1. The van der Waals surface area contributed by atoms with Crippen molar-refractivity contribution in [1.29, 1.82) is 0 Å². The molecule has 0 radical (unpaired) electrons. The van der Waals surface area contributed by atoms with Gasteiger partial charge >= 0.3 is 0 Å². The van der Waals surface area contributed by atoms with Gasteiger partial charge in [0, 0.05) is 13.0 Å². The van der Waals surface area contributed by atoms with Gasteiger partial charge < -0.3 is 10.6 Å². The summed E-state index contributed by atoms with van der Waals surface area (Å²) in [5.74, 6) is 1.85. The molecule has 0 aliphatic carbocycles. The van der Waals surface area contributed by atoms with Crippen molar-refractivity contribution in [3.63, 3.8) is 0 Å². The van der Waals surface area contributed by atoms with Crippen LogP contribution in [0.1, 0.15) is 18.7 Å². The summed E-state index contributed by atoms with van der Waals surface area (Å²) in [6, 6.07) is 5.94. The van der Waals surface area contributed by atoms with Crippen molar-refractivity contribution in [2.24, 2.45) is 0 Å². The summed E-state index contributed by atoms with van der Waals surface area (Å²) >= 11 is 0. The highest BCUT2D eigenvalue weighted by atomic mass is 15.1. The molecule has 0 atom stereocenters. The lowest BCUT2D eigenvalue weighted by molar-refractivity contribution is 0.340. The van der Waals surface area contributed by atoms with Gasteiger partial charge in [0.1, 0.15) is 11.6 Å². The molecule has 1 fully saturated rings. The number of nitrogens with zero attached hydrogens (tertiary/aromatic N) is 3. The Balaban J connectivity index is 1.80. The lowest BCUT2D eigenvalue weighted by Gasteiger charge is -2.13. The number of aromatic nitrogens is 2. The van der Waals surface area contributed by atoms with E-state index in [4.69, 9.17) is 5.73 Å². The standard InChI is InChI=1S/C13H18N4/c14-12-5-3-4-11-10-15-13(17(11)12)6-9-16-7-1-2-8-16/h3-5,10H,1-2,6-9,14H2. The Morgan fingerprint density at radius 3 is 2.88 bits per heavy atom. The number of anilines is 1. The van der Waals surface area contributed by atoms with Gasteiger partial charge in [-0.05, 0) is 38.1 Å². The van der Waals surface area contributed by atoms with Gasteiger partial charge in [-0.15, -0.1) is 0 Å². The fraction of sp³-hybridized carbons (Fsp3) is 0.462. The third-order valence-electron chi connectivity index (χ3n) is 3.50. The van der Waals surface area contributed by atoms with Crippen LogP contribution in [0.3, 0.4) is 0 Å². The molecule has 17 heavy (non-hydrogen) atoms. The van der Waals surface area contributed by atoms with Crippen LogP contribution >= 0.6 is 0 Å². The summed E-state index contributed by atoms with van der Waals surface area (Å²) in [5, 5.41) is 0. The Bertz CT molecular complexity index is 511. The minimum atomic E-state index is 0.774. The fourth-order valence-corrected chi connectivity index (χ4v) is 2.58. The van der Waals surface area contributed by atoms with Crippen molar-refractivity contribution < 1.29 is 0 Å². The molecule has 1 saturated heterocycles. The molecule has 3 heterocycles. The molecule has 4 heteroatoms. The molecule has 0 bridgehead atoms. The van der Waals surface area contributed by atoms with E-state index in [2.05, 4.69) is 14.3 Å². The number of likely N-dealkylation sites (tertiary alicyclic amines) is 1. The van der Waals surface area contributed by atoms with Gasteiger partial charge in [0.05, 0.1) is 11.7 Å². The molecule has 2 aromatic rings. The predicted molar refractivity (Wildman–Crippen MR) is 69.0 cm³/mol. The second-order valence-electron chi connectivity index (χ2n) is 4.68. The molecule has 1 aliphatic rings. The Kier molecular flexibility index (Phi) is 2.73. The van der Waals surface area contributed by atoms with Crippen LogP contribution in [0.2, 0.25) is 0 Å². The van der Waals surface area contributed by atoms with Crippen LogP contribution in [0.5, 0.6) is 0 Å². The van der Waals surface area contributed by atoms with E-state index < -0.39 is 0 Å². The molecule has 0 unspecified atom stereocenters. The molecule has 0 spiro atoms. The number of rotatable bonds is 3. The van der Waals surface area contributed by atoms with E-state index in [1.165, 1.54) is 25.9 Å². The summed E-state index contributed by atoms with van der Waals surface area (Å²) < 4.78 is 2.05. The number of hydrogen-bond acceptors (Lipinski definition) is 3. The van der Waals surface area contributed by atoms with Crippen molar-refractivity contribution in [2.45, 2.75) is 19.3 Å². The highest BCUT2D eigenvalue weighted by Gasteiger charge is 2.13. The maximum atomic E-state index is 5.99. The summed E-state index contributed by atoms with van der Waals surface area (Å²) in [6.45, 7) is 3.56. The summed E-state index contributed by atoms with van der Waals surface area (Å²) in [7, 11) is 0.